The Morgan fingerprint density at radius 2 is 2.44 bits per heavy atom. The van der Waals surface area contributed by atoms with E-state index in [0.29, 0.717) is 18.8 Å². The fraction of sp³-hybridized carbons (Fsp3) is 0.545. The van der Waals surface area contributed by atoms with Crippen molar-refractivity contribution in [3.63, 3.8) is 0 Å². The van der Waals surface area contributed by atoms with E-state index in [4.69, 9.17) is 9.84 Å². The number of nitrogens with zero attached hydrogens (tertiary/aromatic N) is 2. The minimum atomic E-state index is -0.977. The molecule has 7 nitrogen and oxygen atoms in total. The van der Waals surface area contributed by atoms with Crippen molar-refractivity contribution >= 4 is 17.7 Å². The molecule has 2 heterocycles. The predicted octanol–water partition coefficient (Wildman–Crippen LogP) is 0.475. The number of hydrogen-bond donors (Lipinski definition) is 2. The number of carbonyl (C=O) groups excluding carboxylic acids is 1. The molecule has 1 aromatic rings. The third-order valence-electron chi connectivity index (χ3n) is 2.64. The highest BCUT2D eigenvalue weighted by atomic mass is 16.5. The molecular formula is C11H15N3O4. The Balaban J connectivity index is 1.82. The molecule has 1 aliphatic rings. The summed E-state index contributed by atoms with van der Waals surface area (Å²) in [5.74, 6) is -0.781. The van der Waals surface area contributed by atoms with Gasteiger partial charge in [-0.3, -0.25) is 14.3 Å². The van der Waals surface area contributed by atoms with Gasteiger partial charge in [0.2, 0.25) is 5.91 Å². The minimum Gasteiger partial charge on any atom is -0.480 e. The molecule has 0 bridgehead atoms. The van der Waals surface area contributed by atoms with E-state index in [0.717, 1.165) is 12.8 Å². The van der Waals surface area contributed by atoms with Crippen molar-refractivity contribution in [2.45, 2.75) is 31.9 Å². The summed E-state index contributed by atoms with van der Waals surface area (Å²) < 4.78 is 6.61. The summed E-state index contributed by atoms with van der Waals surface area (Å²) >= 11 is 0. The maximum atomic E-state index is 11.6. The number of aliphatic carboxylic acids is 1. The van der Waals surface area contributed by atoms with Crippen LogP contribution in [0.4, 0.5) is 5.82 Å². The fourth-order valence-electron chi connectivity index (χ4n) is 1.86. The van der Waals surface area contributed by atoms with Crippen LogP contribution < -0.4 is 5.32 Å². The summed E-state index contributed by atoms with van der Waals surface area (Å²) in [7, 11) is 0. The summed E-state index contributed by atoms with van der Waals surface area (Å²) in [6.45, 7) is 0.493. The molecule has 1 unspecified atom stereocenters. The van der Waals surface area contributed by atoms with Gasteiger partial charge in [-0.15, -0.1) is 0 Å². The summed E-state index contributed by atoms with van der Waals surface area (Å²) in [6, 6.07) is 1.57. The van der Waals surface area contributed by atoms with E-state index in [1.165, 1.54) is 10.9 Å². The monoisotopic (exact) mass is 253 g/mol. The lowest BCUT2D eigenvalue weighted by molar-refractivity contribution is -0.137. The van der Waals surface area contributed by atoms with Gasteiger partial charge < -0.3 is 15.2 Å². The maximum Gasteiger partial charge on any atom is 0.325 e. The molecule has 2 rings (SSSR count). The topological polar surface area (TPSA) is 93.5 Å². The van der Waals surface area contributed by atoms with E-state index in [1.54, 1.807) is 6.07 Å². The van der Waals surface area contributed by atoms with E-state index in [9.17, 15) is 9.59 Å². The zero-order chi connectivity index (χ0) is 13.0. The lowest BCUT2D eigenvalue weighted by atomic mass is 10.2. The van der Waals surface area contributed by atoms with Crippen LogP contribution in [0.25, 0.3) is 0 Å². The second-order valence-electron chi connectivity index (χ2n) is 4.18. The van der Waals surface area contributed by atoms with Crippen LogP contribution >= 0.6 is 0 Å². The van der Waals surface area contributed by atoms with Crippen molar-refractivity contribution in [1.29, 1.82) is 0 Å². The molecule has 0 aromatic carbocycles. The molecule has 98 valence electrons. The molecule has 2 N–H and O–H groups in total. The van der Waals surface area contributed by atoms with Crippen molar-refractivity contribution in [2.75, 3.05) is 11.9 Å². The molecule has 18 heavy (non-hydrogen) atoms. The third-order valence-corrected chi connectivity index (χ3v) is 2.64. The first kappa shape index (κ1) is 12.6. The van der Waals surface area contributed by atoms with Gasteiger partial charge in [-0.05, 0) is 12.8 Å². The van der Waals surface area contributed by atoms with Crippen molar-refractivity contribution in [3.8, 4) is 0 Å². The zero-order valence-corrected chi connectivity index (χ0v) is 9.83. The average Bonchev–Trinajstić information content (AvgIpc) is 2.89. The smallest absolute Gasteiger partial charge is 0.325 e. The summed E-state index contributed by atoms with van der Waals surface area (Å²) in [6.07, 6.45) is 3.71. The van der Waals surface area contributed by atoms with E-state index >= 15 is 0 Å². The molecule has 0 spiro atoms. The summed E-state index contributed by atoms with van der Waals surface area (Å²) in [4.78, 5) is 22.1. The highest BCUT2D eigenvalue weighted by Gasteiger charge is 2.19. The molecule has 1 saturated heterocycles. The quantitative estimate of drug-likeness (QED) is 0.795. The Labute approximate surface area is 104 Å². The molecule has 0 saturated carbocycles. The third kappa shape index (κ3) is 3.56. The number of rotatable bonds is 5. The molecule has 1 aromatic heterocycles. The number of carbonyl (C=O) groups is 2. The van der Waals surface area contributed by atoms with Crippen LogP contribution in [0.15, 0.2) is 12.3 Å². The van der Waals surface area contributed by atoms with E-state index in [1.807, 2.05) is 0 Å². The van der Waals surface area contributed by atoms with Gasteiger partial charge >= 0.3 is 5.97 Å². The van der Waals surface area contributed by atoms with E-state index < -0.39 is 5.97 Å². The summed E-state index contributed by atoms with van der Waals surface area (Å²) in [5.41, 5.74) is 0. The molecule has 1 atom stereocenters. The Bertz CT molecular complexity index is 437. The largest absolute Gasteiger partial charge is 0.480 e. The highest BCUT2D eigenvalue weighted by molar-refractivity contribution is 5.90. The first-order chi connectivity index (χ1) is 8.63. The van der Waals surface area contributed by atoms with E-state index in [2.05, 4.69) is 10.4 Å². The van der Waals surface area contributed by atoms with Gasteiger partial charge in [0, 0.05) is 18.9 Å². The molecule has 1 aliphatic heterocycles. The number of amides is 1. The number of anilines is 1. The molecule has 1 fully saturated rings. The van der Waals surface area contributed by atoms with E-state index in [-0.39, 0.29) is 18.6 Å². The van der Waals surface area contributed by atoms with Gasteiger partial charge in [0.15, 0.2) is 5.82 Å². The van der Waals surface area contributed by atoms with Crippen molar-refractivity contribution in [3.05, 3.63) is 12.3 Å². The molecule has 0 radical (unpaired) electrons. The van der Waals surface area contributed by atoms with Crippen LogP contribution in [-0.4, -0.2) is 39.5 Å². The van der Waals surface area contributed by atoms with Crippen LogP contribution in [0, 0.1) is 0 Å². The second kappa shape index (κ2) is 5.63. The maximum absolute atomic E-state index is 11.6. The van der Waals surface area contributed by atoms with Crippen LogP contribution in [-0.2, 0) is 20.9 Å². The number of carboxylic acids is 1. The Hall–Kier alpha value is -1.89. The van der Waals surface area contributed by atoms with Crippen LogP contribution in [0.5, 0.6) is 0 Å². The Kier molecular flexibility index (Phi) is 3.93. The van der Waals surface area contributed by atoms with Crippen LogP contribution in [0.2, 0.25) is 0 Å². The van der Waals surface area contributed by atoms with Crippen molar-refractivity contribution in [1.82, 2.24) is 9.78 Å². The Morgan fingerprint density at radius 3 is 3.11 bits per heavy atom. The molecular weight excluding hydrogens is 238 g/mol. The minimum absolute atomic E-state index is 0.00824. The normalized spacial score (nSPS) is 18.8. The van der Waals surface area contributed by atoms with Crippen molar-refractivity contribution in [2.24, 2.45) is 0 Å². The number of nitrogens with one attached hydrogen (secondary N) is 1. The number of carboxylic acid groups (broad SMARTS) is 1. The van der Waals surface area contributed by atoms with Gasteiger partial charge in [0.25, 0.3) is 0 Å². The highest BCUT2D eigenvalue weighted by Crippen LogP contribution is 2.15. The number of aromatic nitrogens is 2. The zero-order valence-electron chi connectivity index (χ0n) is 9.83. The lowest BCUT2D eigenvalue weighted by Gasteiger charge is -2.07. The second-order valence-corrected chi connectivity index (χ2v) is 4.18. The first-order valence-electron chi connectivity index (χ1n) is 5.80. The summed E-state index contributed by atoms with van der Waals surface area (Å²) in [5, 5.41) is 15.1. The lowest BCUT2D eigenvalue weighted by Crippen LogP contribution is -2.19. The van der Waals surface area contributed by atoms with Crippen LogP contribution in [0.1, 0.15) is 19.3 Å². The molecule has 1 amide bonds. The average molecular weight is 253 g/mol. The van der Waals surface area contributed by atoms with Gasteiger partial charge in [0.05, 0.1) is 12.5 Å². The van der Waals surface area contributed by atoms with Gasteiger partial charge in [-0.25, -0.2) is 0 Å². The SMILES string of the molecule is O=C(O)Cn1ccc(NC(=O)CC2CCCO2)n1. The van der Waals surface area contributed by atoms with Crippen molar-refractivity contribution < 1.29 is 19.4 Å². The molecule has 0 aliphatic carbocycles. The van der Waals surface area contributed by atoms with Gasteiger partial charge in [-0.2, -0.15) is 5.10 Å². The predicted molar refractivity (Wildman–Crippen MR) is 62.1 cm³/mol. The van der Waals surface area contributed by atoms with Gasteiger partial charge in [-0.1, -0.05) is 0 Å². The molecule has 7 heteroatoms. The number of ether oxygens (including phenoxy) is 1. The van der Waals surface area contributed by atoms with Crippen LogP contribution in [0.3, 0.4) is 0 Å². The fourth-order valence-corrected chi connectivity index (χ4v) is 1.86. The first-order valence-corrected chi connectivity index (χ1v) is 5.80. The standard InChI is InChI=1S/C11H15N3O4/c15-10(6-8-2-1-5-18-8)12-9-3-4-14(13-9)7-11(16)17/h3-4,8H,1-2,5-7H2,(H,16,17)(H,12,13,15). The van der Waals surface area contributed by atoms with Gasteiger partial charge in [0.1, 0.15) is 6.54 Å². The number of hydrogen-bond acceptors (Lipinski definition) is 4. The Morgan fingerprint density at radius 1 is 1.61 bits per heavy atom.